The molecule has 33 heavy (non-hydrogen) atoms. The normalized spacial score (nSPS) is 25.0. The Morgan fingerprint density at radius 1 is 1.09 bits per heavy atom. The lowest BCUT2D eigenvalue weighted by Crippen LogP contribution is -2.58. The molecule has 1 fully saturated rings. The molecule has 3 rings (SSSR count). The first-order chi connectivity index (χ1) is 15.6. The van der Waals surface area contributed by atoms with E-state index in [-0.39, 0.29) is 18.2 Å². The van der Waals surface area contributed by atoms with Gasteiger partial charge in [0.25, 0.3) is 0 Å². The molecule has 1 aliphatic heterocycles. The number of amides is 1. The highest BCUT2D eigenvalue weighted by Gasteiger charge is 2.53. The molecule has 7 heteroatoms. The van der Waals surface area contributed by atoms with Crippen molar-refractivity contribution in [3.8, 4) is 0 Å². The molecule has 5 nitrogen and oxygen atoms in total. The number of carbonyl (C=O) groups is 2. The Hall–Kier alpha value is -2.08. The lowest BCUT2D eigenvalue weighted by Gasteiger charge is -2.52. The number of aliphatic hydroxyl groups is 1. The second kappa shape index (κ2) is 10.5. The van der Waals surface area contributed by atoms with E-state index in [9.17, 15) is 19.8 Å². The summed E-state index contributed by atoms with van der Waals surface area (Å²) in [6, 6.07) is 14.0. The van der Waals surface area contributed by atoms with Crippen molar-refractivity contribution in [3.05, 3.63) is 69.7 Å². The Morgan fingerprint density at radius 3 is 2.30 bits per heavy atom. The number of likely N-dealkylation sites (tertiary alicyclic amines) is 1. The average molecular weight is 492 g/mol. The number of aliphatic carboxylic acids is 1. The molecule has 178 valence electrons. The number of piperidine rings is 1. The van der Waals surface area contributed by atoms with E-state index in [0.29, 0.717) is 29.3 Å². The molecule has 0 spiro atoms. The van der Waals surface area contributed by atoms with Crippen LogP contribution < -0.4 is 0 Å². The third kappa shape index (κ3) is 5.37. The fourth-order valence-electron chi connectivity index (χ4n) is 5.17. The van der Waals surface area contributed by atoms with E-state index in [2.05, 4.69) is 0 Å². The maximum atomic E-state index is 14.0. The van der Waals surface area contributed by atoms with E-state index in [1.54, 1.807) is 30.0 Å². The summed E-state index contributed by atoms with van der Waals surface area (Å²) in [5, 5.41) is 21.7. The van der Waals surface area contributed by atoms with Crippen LogP contribution in [-0.4, -0.2) is 39.1 Å². The lowest BCUT2D eigenvalue weighted by atomic mass is 9.66. The number of rotatable bonds is 8. The summed E-state index contributed by atoms with van der Waals surface area (Å²) in [7, 11) is 0. The molecule has 1 amide bonds. The van der Waals surface area contributed by atoms with Crippen LogP contribution in [0.25, 0.3) is 0 Å². The predicted octanol–water partition coefficient (Wildman–Crippen LogP) is 6.08. The van der Waals surface area contributed by atoms with Gasteiger partial charge in [0.15, 0.2) is 0 Å². The van der Waals surface area contributed by atoms with Gasteiger partial charge in [-0.25, -0.2) is 0 Å². The van der Waals surface area contributed by atoms with Crippen LogP contribution >= 0.6 is 23.2 Å². The predicted molar refractivity (Wildman–Crippen MR) is 131 cm³/mol. The smallest absolute Gasteiger partial charge is 0.304 e. The quantitative estimate of drug-likeness (QED) is 0.468. The van der Waals surface area contributed by atoms with Crippen LogP contribution in [0.3, 0.4) is 0 Å². The van der Waals surface area contributed by atoms with Gasteiger partial charge in [-0.1, -0.05) is 68.2 Å². The molecule has 0 bridgehead atoms. The molecular formula is C26H31Cl2NO4. The largest absolute Gasteiger partial charge is 0.481 e. The van der Waals surface area contributed by atoms with Crippen LogP contribution in [0.4, 0.5) is 0 Å². The van der Waals surface area contributed by atoms with Gasteiger partial charge in [0.2, 0.25) is 5.91 Å². The number of benzene rings is 2. The number of halogens is 2. The van der Waals surface area contributed by atoms with Crippen molar-refractivity contribution >= 4 is 35.1 Å². The zero-order valence-corrected chi connectivity index (χ0v) is 20.7. The van der Waals surface area contributed by atoms with Crippen LogP contribution in [0.15, 0.2) is 48.5 Å². The highest BCUT2D eigenvalue weighted by atomic mass is 35.5. The molecule has 0 aromatic heterocycles. The van der Waals surface area contributed by atoms with Crippen LogP contribution in [-0.2, 0) is 9.59 Å². The summed E-state index contributed by atoms with van der Waals surface area (Å²) in [6.45, 7) is 5.54. The third-order valence-corrected chi connectivity index (χ3v) is 7.26. The van der Waals surface area contributed by atoms with Crippen molar-refractivity contribution in [2.24, 2.45) is 5.41 Å². The minimum Gasteiger partial charge on any atom is -0.481 e. The monoisotopic (exact) mass is 491 g/mol. The summed E-state index contributed by atoms with van der Waals surface area (Å²) in [4.78, 5) is 27.5. The first-order valence-corrected chi connectivity index (χ1v) is 12.1. The number of carboxylic acid groups (broad SMARTS) is 1. The maximum Gasteiger partial charge on any atom is 0.304 e. The summed E-state index contributed by atoms with van der Waals surface area (Å²) in [6.07, 6.45) is 0.344. The highest BCUT2D eigenvalue weighted by Crippen LogP contribution is 2.52. The number of hydrogen-bond acceptors (Lipinski definition) is 3. The summed E-state index contributed by atoms with van der Waals surface area (Å²) in [5.41, 5.74) is 0.692. The Labute approximate surface area is 205 Å². The fraction of sp³-hybridized carbons (Fsp3) is 0.462. The minimum atomic E-state index is -1.12. The van der Waals surface area contributed by atoms with Crippen LogP contribution in [0.5, 0.6) is 0 Å². The van der Waals surface area contributed by atoms with Gasteiger partial charge >= 0.3 is 5.97 Å². The first kappa shape index (κ1) is 25.5. The van der Waals surface area contributed by atoms with Gasteiger partial charge < -0.3 is 15.1 Å². The van der Waals surface area contributed by atoms with Gasteiger partial charge in [-0.2, -0.15) is 0 Å². The second-order valence-electron chi connectivity index (χ2n) is 9.16. The topological polar surface area (TPSA) is 77.8 Å². The molecule has 2 aromatic rings. The van der Waals surface area contributed by atoms with Crippen LogP contribution in [0.2, 0.25) is 10.0 Å². The minimum absolute atomic E-state index is 0.218. The van der Waals surface area contributed by atoms with E-state index < -0.39 is 29.6 Å². The average Bonchev–Trinajstić information content (AvgIpc) is 2.77. The zero-order chi connectivity index (χ0) is 24.3. The zero-order valence-electron chi connectivity index (χ0n) is 19.2. The number of carbonyl (C=O) groups excluding carboxylic acids is 1. The SMILES string of the molecule is CCC([C@@H](O)CC)N1C(=O)[C@@](C)(CC(=O)O)CC(c2cccc(Cl)c2)C1c1ccc(Cl)cc1. The number of aliphatic hydroxyl groups excluding tert-OH is 1. The molecule has 1 heterocycles. The first-order valence-electron chi connectivity index (χ1n) is 11.3. The van der Waals surface area contributed by atoms with Gasteiger partial charge in [0, 0.05) is 16.0 Å². The van der Waals surface area contributed by atoms with E-state index in [1.165, 1.54) is 0 Å². The fourth-order valence-corrected chi connectivity index (χ4v) is 5.50. The second-order valence-corrected chi connectivity index (χ2v) is 10.0. The van der Waals surface area contributed by atoms with Gasteiger partial charge in [0.05, 0.1) is 30.0 Å². The molecule has 0 aliphatic carbocycles. The maximum absolute atomic E-state index is 14.0. The molecule has 5 atom stereocenters. The molecule has 2 aromatic carbocycles. The van der Waals surface area contributed by atoms with Crippen molar-refractivity contribution in [1.29, 1.82) is 0 Å². The highest BCUT2D eigenvalue weighted by molar-refractivity contribution is 6.30. The molecule has 1 saturated heterocycles. The summed E-state index contributed by atoms with van der Waals surface area (Å²) in [5.74, 6) is -1.49. The number of hydrogen-bond donors (Lipinski definition) is 2. The van der Waals surface area contributed by atoms with Gasteiger partial charge in [-0.3, -0.25) is 9.59 Å². The van der Waals surface area contributed by atoms with Crippen molar-refractivity contribution in [1.82, 2.24) is 4.90 Å². The standard InChI is InChI=1S/C26H31Cl2NO4/c1-4-21(22(30)5-2)29-24(16-9-11-18(27)12-10-16)20(17-7-6-8-19(28)13-17)14-26(3,25(29)33)15-23(31)32/h6-13,20-22,24,30H,4-5,14-15H2,1-3H3,(H,31,32)/t20?,21?,22-,24?,26+/m0/s1. The van der Waals surface area contributed by atoms with E-state index in [0.717, 1.165) is 11.1 Å². The van der Waals surface area contributed by atoms with E-state index >= 15 is 0 Å². The number of carboxylic acids is 1. The van der Waals surface area contributed by atoms with Crippen molar-refractivity contribution < 1.29 is 19.8 Å². The van der Waals surface area contributed by atoms with Crippen LogP contribution in [0.1, 0.15) is 69.5 Å². The number of nitrogens with zero attached hydrogens (tertiary/aromatic N) is 1. The van der Waals surface area contributed by atoms with Gasteiger partial charge in [-0.15, -0.1) is 0 Å². The summed E-state index contributed by atoms with van der Waals surface area (Å²) < 4.78 is 0. The molecule has 0 radical (unpaired) electrons. The molecule has 3 unspecified atom stereocenters. The molecular weight excluding hydrogens is 461 g/mol. The van der Waals surface area contributed by atoms with E-state index in [4.69, 9.17) is 23.2 Å². The Morgan fingerprint density at radius 2 is 1.76 bits per heavy atom. The van der Waals surface area contributed by atoms with Crippen molar-refractivity contribution in [3.63, 3.8) is 0 Å². The molecule has 2 N–H and O–H groups in total. The van der Waals surface area contributed by atoms with Crippen LogP contribution in [0, 0.1) is 5.41 Å². The molecule has 0 saturated carbocycles. The molecule has 1 aliphatic rings. The van der Waals surface area contributed by atoms with Gasteiger partial charge in [-0.05, 0) is 54.7 Å². The van der Waals surface area contributed by atoms with Crippen molar-refractivity contribution in [2.45, 2.75) is 70.6 Å². The Kier molecular flexibility index (Phi) is 8.09. The third-order valence-electron chi connectivity index (χ3n) is 6.77. The van der Waals surface area contributed by atoms with Gasteiger partial charge in [0.1, 0.15) is 0 Å². The Balaban J connectivity index is 2.25. The lowest BCUT2D eigenvalue weighted by molar-refractivity contribution is -0.163. The summed E-state index contributed by atoms with van der Waals surface area (Å²) >= 11 is 12.5. The van der Waals surface area contributed by atoms with Crippen molar-refractivity contribution in [2.75, 3.05) is 0 Å². The Bertz CT molecular complexity index is 996. The van der Waals surface area contributed by atoms with E-state index in [1.807, 2.05) is 44.2 Å².